The minimum Gasteiger partial charge on any atom is -0.310 e. The number of amides is 1. The molecule has 0 saturated carbocycles. The van der Waals surface area contributed by atoms with Crippen LogP contribution in [0.3, 0.4) is 0 Å². The lowest BCUT2D eigenvalue weighted by Crippen LogP contribution is -2.20. The van der Waals surface area contributed by atoms with Gasteiger partial charge in [0.2, 0.25) is 11.9 Å². The van der Waals surface area contributed by atoms with E-state index in [1.54, 1.807) is 13.0 Å². The van der Waals surface area contributed by atoms with Crippen LogP contribution >= 0.6 is 11.6 Å². The molecule has 3 aromatic rings. The van der Waals surface area contributed by atoms with E-state index in [-0.39, 0.29) is 28.5 Å². The first-order chi connectivity index (χ1) is 13.4. The maximum absolute atomic E-state index is 13.9. The molecule has 2 aromatic heterocycles. The number of rotatable bonds is 6. The van der Waals surface area contributed by atoms with E-state index in [1.165, 1.54) is 28.9 Å². The number of aromatic amines is 1. The van der Waals surface area contributed by atoms with E-state index >= 15 is 0 Å². The molecule has 0 atom stereocenters. The molecule has 2 N–H and O–H groups in total. The van der Waals surface area contributed by atoms with Crippen molar-refractivity contribution >= 4 is 23.3 Å². The van der Waals surface area contributed by atoms with Crippen LogP contribution in [0.1, 0.15) is 30.3 Å². The number of carbonyl (C=O) groups is 1. The minimum absolute atomic E-state index is 0.112. The van der Waals surface area contributed by atoms with E-state index < -0.39 is 11.7 Å². The molecule has 0 unspecified atom stereocenters. The molecule has 0 bridgehead atoms. The normalized spacial score (nSPS) is 10.9. The molecule has 0 aliphatic heterocycles. The average molecular weight is 404 g/mol. The van der Waals surface area contributed by atoms with Gasteiger partial charge in [-0.1, -0.05) is 31.0 Å². The van der Waals surface area contributed by atoms with Crippen molar-refractivity contribution in [2.45, 2.75) is 33.1 Å². The molecule has 3 rings (SSSR count). The summed E-state index contributed by atoms with van der Waals surface area (Å²) in [5.74, 6) is -0.513. The Morgan fingerprint density at radius 3 is 2.86 bits per heavy atom. The highest BCUT2D eigenvalue weighted by Crippen LogP contribution is 2.21. The maximum atomic E-state index is 13.9. The molecule has 1 amide bonds. The zero-order chi connectivity index (χ0) is 20.3. The number of halogens is 2. The van der Waals surface area contributed by atoms with Gasteiger partial charge in [0.1, 0.15) is 11.6 Å². The standard InChI is InChI=1S/C19H19ClFN5O2/c1-3-5-12-9-17(27)24-19(22-12)26-16(8-11(2)25-26)23-18(28)10-13-14(20)6-4-7-15(13)21/h4,6-9H,3,5,10H2,1-2H3,(H,23,28)(H,22,24,27). The van der Waals surface area contributed by atoms with Gasteiger partial charge in [0, 0.05) is 28.4 Å². The summed E-state index contributed by atoms with van der Waals surface area (Å²) in [6, 6.07) is 7.31. The molecule has 0 radical (unpaired) electrons. The number of carbonyl (C=O) groups excluding carboxylic acids is 1. The largest absolute Gasteiger partial charge is 0.310 e. The Labute approximate surface area is 165 Å². The molecule has 0 aliphatic rings. The van der Waals surface area contributed by atoms with Gasteiger partial charge in [-0.25, -0.2) is 9.37 Å². The van der Waals surface area contributed by atoms with Crippen molar-refractivity contribution in [1.29, 1.82) is 0 Å². The molecule has 0 aliphatic carbocycles. The Morgan fingerprint density at radius 1 is 1.36 bits per heavy atom. The van der Waals surface area contributed by atoms with Crippen molar-refractivity contribution in [3.63, 3.8) is 0 Å². The molecule has 0 fully saturated rings. The Hall–Kier alpha value is -3.00. The summed E-state index contributed by atoms with van der Waals surface area (Å²) in [4.78, 5) is 31.4. The number of hydrogen-bond donors (Lipinski definition) is 2. The van der Waals surface area contributed by atoms with E-state index in [2.05, 4.69) is 20.4 Å². The van der Waals surface area contributed by atoms with Crippen LogP contribution in [-0.4, -0.2) is 25.7 Å². The lowest BCUT2D eigenvalue weighted by atomic mass is 10.1. The molecule has 2 heterocycles. The van der Waals surface area contributed by atoms with Crippen LogP contribution < -0.4 is 10.9 Å². The third-order valence-corrected chi connectivity index (χ3v) is 4.34. The lowest BCUT2D eigenvalue weighted by Gasteiger charge is -2.10. The van der Waals surface area contributed by atoms with Crippen LogP contribution in [-0.2, 0) is 17.6 Å². The van der Waals surface area contributed by atoms with Crippen LogP contribution in [0.25, 0.3) is 5.95 Å². The quantitative estimate of drug-likeness (QED) is 0.661. The summed E-state index contributed by atoms with van der Waals surface area (Å²) in [5, 5.41) is 7.14. The van der Waals surface area contributed by atoms with Gasteiger partial charge in [0.05, 0.1) is 12.1 Å². The van der Waals surface area contributed by atoms with E-state index in [4.69, 9.17) is 11.6 Å². The number of nitrogens with one attached hydrogen (secondary N) is 2. The third kappa shape index (κ3) is 4.45. The number of H-pyrrole nitrogens is 1. The maximum Gasteiger partial charge on any atom is 0.252 e. The van der Waals surface area contributed by atoms with Crippen LogP contribution in [0, 0.1) is 12.7 Å². The van der Waals surface area contributed by atoms with Gasteiger partial charge in [0.15, 0.2) is 0 Å². The highest BCUT2D eigenvalue weighted by atomic mass is 35.5. The van der Waals surface area contributed by atoms with Crippen molar-refractivity contribution < 1.29 is 9.18 Å². The van der Waals surface area contributed by atoms with Crippen molar-refractivity contribution in [2.75, 3.05) is 5.32 Å². The Morgan fingerprint density at radius 2 is 2.14 bits per heavy atom. The number of benzene rings is 1. The van der Waals surface area contributed by atoms with Gasteiger partial charge in [-0.05, 0) is 25.5 Å². The van der Waals surface area contributed by atoms with Gasteiger partial charge in [-0.15, -0.1) is 0 Å². The molecule has 28 heavy (non-hydrogen) atoms. The van der Waals surface area contributed by atoms with Gasteiger partial charge in [-0.2, -0.15) is 9.78 Å². The molecule has 1 aromatic carbocycles. The van der Waals surface area contributed by atoms with Crippen molar-refractivity contribution in [3.8, 4) is 5.95 Å². The first-order valence-corrected chi connectivity index (χ1v) is 9.15. The molecule has 146 valence electrons. The minimum atomic E-state index is -0.550. The molecule has 9 heteroatoms. The fourth-order valence-corrected chi connectivity index (χ4v) is 3.01. The average Bonchev–Trinajstić information content (AvgIpc) is 2.98. The highest BCUT2D eigenvalue weighted by molar-refractivity contribution is 6.31. The number of nitrogens with zero attached hydrogens (tertiary/aromatic N) is 3. The van der Waals surface area contributed by atoms with Crippen LogP contribution in [0.15, 0.2) is 35.1 Å². The molecule has 0 saturated heterocycles. The third-order valence-electron chi connectivity index (χ3n) is 3.99. The second-order valence-corrected chi connectivity index (χ2v) is 6.73. The van der Waals surface area contributed by atoms with Gasteiger partial charge >= 0.3 is 0 Å². The second-order valence-electron chi connectivity index (χ2n) is 6.32. The molecule has 7 nitrogen and oxygen atoms in total. The number of aromatic nitrogens is 4. The highest BCUT2D eigenvalue weighted by Gasteiger charge is 2.16. The number of anilines is 1. The summed E-state index contributed by atoms with van der Waals surface area (Å²) in [7, 11) is 0. The number of aryl methyl sites for hydroxylation is 2. The second kappa shape index (κ2) is 8.35. The van der Waals surface area contributed by atoms with Crippen molar-refractivity contribution in [3.05, 3.63) is 68.5 Å². The molecular weight excluding hydrogens is 385 g/mol. The van der Waals surface area contributed by atoms with Crippen molar-refractivity contribution in [1.82, 2.24) is 19.7 Å². The first kappa shape index (κ1) is 19.8. The van der Waals surface area contributed by atoms with Gasteiger partial charge in [-0.3, -0.25) is 14.6 Å². The van der Waals surface area contributed by atoms with Crippen LogP contribution in [0.5, 0.6) is 0 Å². The van der Waals surface area contributed by atoms with E-state index in [0.29, 0.717) is 23.6 Å². The fraction of sp³-hybridized carbons (Fsp3) is 0.263. The smallest absolute Gasteiger partial charge is 0.252 e. The van der Waals surface area contributed by atoms with Crippen LogP contribution in [0.4, 0.5) is 10.2 Å². The predicted octanol–water partition coefficient (Wildman–Crippen LogP) is 3.19. The Balaban J connectivity index is 1.89. The predicted molar refractivity (Wildman–Crippen MR) is 104 cm³/mol. The first-order valence-electron chi connectivity index (χ1n) is 8.77. The molecule has 0 spiro atoms. The van der Waals surface area contributed by atoms with Gasteiger partial charge in [0.25, 0.3) is 5.56 Å². The van der Waals surface area contributed by atoms with Gasteiger partial charge < -0.3 is 5.32 Å². The fourth-order valence-electron chi connectivity index (χ4n) is 2.78. The van der Waals surface area contributed by atoms with E-state index in [0.717, 1.165) is 6.42 Å². The topological polar surface area (TPSA) is 92.7 Å². The summed E-state index contributed by atoms with van der Waals surface area (Å²) in [6.45, 7) is 3.73. The zero-order valence-electron chi connectivity index (χ0n) is 15.4. The monoisotopic (exact) mass is 403 g/mol. The zero-order valence-corrected chi connectivity index (χ0v) is 16.2. The Kier molecular flexibility index (Phi) is 5.89. The summed E-state index contributed by atoms with van der Waals surface area (Å²) >= 11 is 5.99. The van der Waals surface area contributed by atoms with E-state index in [1.807, 2.05) is 6.92 Å². The number of hydrogen-bond acceptors (Lipinski definition) is 4. The summed E-state index contributed by atoms with van der Waals surface area (Å²) < 4.78 is 15.3. The SMILES string of the molecule is CCCc1cc(=O)[nH]c(-n2nc(C)cc2NC(=O)Cc2c(F)cccc2Cl)n1. The Bertz CT molecular complexity index is 1060. The summed E-state index contributed by atoms with van der Waals surface area (Å²) in [5.41, 5.74) is 1.05. The lowest BCUT2D eigenvalue weighted by molar-refractivity contribution is -0.115. The van der Waals surface area contributed by atoms with Crippen LogP contribution in [0.2, 0.25) is 5.02 Å². The summed E-state index contributed by atoms with van der Waals surface area (Å²) in [6.07, 6.45) is 1.24. The van der Waals surface area contributed by atoms with E-state index in [9.17, 15) is 14.0 Å². The van der Waals surface area contributed by atoms with Crippen molar-refractivity contribution in [2.24, 2.45) is 0 Å². The molecular formula is C19H19ClFN5O2.